The topological polar surface area (TPSA) is 46.2 Å². The van der Waals surface area contributed by atoms with Crippen LogP contribution >= 0.6 is 11.3 Å². The molecule has 1 aromatic carbocycles. The molecule has 0 aliphatic heterocycles. The molecule has 0 atom stereocenters. The molecule has 0 unspecified atom stereocenters. The first-order chi connectivity index (χ1) is 11.8. The number of rotatable bonds is 12. The molecule has 2 N–H and O–H groups in total. The molecule has 2 rings (SSSR count). The SMILES string of the molecule is CCCCCCOc1ccc(Nc2nc(CNCCC)cs2)cc1. The van der Waals surface area contributed by atoms with Crippen molar-refractivity contribution >= 4 is 22.2 Å². The summed E-state index contributed by atoms with van der Waals surface area (Å²) < 4.78 is 5.77. The van der Waals surface area contributed by atoms with Gasteiger partial charge in [0.15, 0.2) is 5.13 Å². The van der Waals surface area contributed by atoms with Gasteiger partial charge in [-0.2, -0.15) is 0 Å². The largest absolute Gasteiger partial charge is 0.494 e. The Morgan fingerprint density at radius 1 is 1.04 bits per heavy atom. The number of hydrogen-bond acceptors (Lipinski definition) is 5. The second-order valence-corrected chi connectivity index (χ2v) is 6.74. The zero-order chi connectivity index (χ0) is 17.0. The summed E-state index contributed by atoms with van der Waals surface area (Å²) in [5.74, 6) is 0.931. The molecule has 0 saturated carbocycles. The number of thiazole rings is 1. The smallest absolute Gasteiger partial charge is 0.187 e. The first kappa shape index (κ1) is 18.7. The van der Waals surface area contributed by atoms with Crippen LogP contribution in [0.5, 0.6) is 5.75 Å². The lowest BCUT2D eigenvalue weighted by Gasteiger charge is -2.07. The maximum absolute atomic E-state index is 5.77. The Bertz CT molecular complexity index is 568. The van der Waals surface area contributed by atoms with Crippen LogP contribution in [0.15, 0.2) is 29.6 Å². The van der Waals surface area contributed by atoms with E-state index in [0.29, 0.717) is 0 Å². The third-order valence-corrected chi connectivity index (χ3v) is 4.46. The van der Waals surface area contributed by atoms with Crippen molar-refractivity contribution in [3.63, 3.8) is 0 Å². The average molecular weight is 348 g/mol. The lowest BCUT2D eigenvalue weighted by Crippen LogP contribution is -2.13. The molecule has 0 radical (unpaired) electrons. The van der Waals surface area contributed by atoms with E-state index < -0.39 is 0 Å². The van der Waals surface area contributed by atoms with Gasteiger partial charge in [0, 0.05) is 17.6 Å². The van der Waals surface area contributed by atoms with Gasteiger partial charge in [0.25, 0.3) is 0 Å². The van der Waals surface area contributed by atoms with E-state index in [0.717, 1.165) is 54.8 Å². The molecular formula is C19H29N3OS. The Morgan fingerprint density at radius 3 is 2.62 bits per heavy atom. The number of nitrogens with one attached hydrogen (secondary N) is 2. The van der Waals surface area contributed by atoms with E-state index in [9.17, 15) is 0 Å². The van der Waals surface area contributed by atoms with Crippen molar-refractivity contribution in [2.75, 3.05) is 18.5 Å². The Hall–Kier alpha value is -1.59. The summed E-state index contributed by atoms with van der Waals surface area (Å²) in [6.45, 7) is 7.05. The van der Waals surface area contributed by atoms with Crippen LogP contribution in [0.25, 0.3) is 0 Å². The average Bonchev–Trinajstić information content (AvgIpc) is 3.04. The molecule has 4 nitrogen and oxygen atoms in total. The Morgan fingerprint density at radius 2 is 1.88 bits per heavy atom. The zero-order valence-electron chi connectivity index (χ0n) is 14.8. The molecule has 1 heterocycles. The summed E-state index contributed by atoms with van der Waals surface area (Å²) in [5.41, 5.74) is 2.12. The van der Waals surface area contributed by atoms with E-state index in [1.807, 2.05) is 24.3 Å². The lowest BCUT2D eigenvalue weighted by atomic mass is 10.2. The van der Waals surface area contributed by atoms with E-state index in [4.69, 9.17) is 4.74 Å². The van der Waals surface area contributed by atoms with Gasteiger partial charge in [-0.3, -0.25) is 0 Å². The molecule has 0 bridgehead atoms. The molecule has 132 valence electrons. The predicted molar refractivity (Wildman–Crippen MR) is 103 cm³/mol. The first-order valence-corrected chi connectivity index (χ1v) is 9.84. The van der Waals surface area contributed by atoms with Gasteiger partial charge in [-0.25, -0.2) is 4.98 Å². The standard InChI is InChI=1S/C19H29N3OS/c1-3-5-6-7-13-23-18-10-8-16(9-11-18)21-19-22-17(15-24-19)14-20-12-4-2/h8-11,15,20H,3-7,12-14H2,1-2H3,(H,21,22). The fourth-order valence-corrected chi connectivity index (χ4v) is 3.05. The predicted octanol–water partition coefficient (Wildman–Crippen LogP) is 5.35. The van der Waals surface area contributed by atoms with E-state index in [1.165, 1.54) is 19.3 Å². The van der Waals surface area contributed by atoms with Gasteiger partial charge >= 0.3 is 0 Å². The highest BCUT2D eigenvalue weighted by Crippen LogP contribution is 2.23. The fourth-order valence-electron chi connectivity index (χ4n) is 2.32. The van der Waals surface area contributed by atoms with Crippen LogP contribution in [-0.4, -0.2) is 18.1 Å². The Kier molecular flexibility index (Phi) is 8.63. The molecule has 0 saturated heterocycles. The van der Waals surface area contributed by atoms with Crippen molar-refractivity contribution in [1.82, 2.24) is 10.3 Å². The van der Waals surface area contributed by atoms with Crippen LogP contribution in [0.1, 0.15) is 51.6 Å². The van der Waals surface area contributed by atoms with Gasteiger partial charge in [0.1, 0.15) is 5.75 Å². The quantitative estimate of drug-likeness (QED) is 0.508. The van der Waals surface area contributed by atoms with Gasteiger partial charge in [-0.15, -0.1) is 11.3 Å². The lowest BCUT2D eigenvalue weighted by molar-refractivity contribution is 0.305. The minimum atomic E-state index is 0.799. The van der Waals surface area contributed by atoms with Crippen molar-refractivity contribution in [2.24, 2.45) is 0 Å². The number of unbranched alkanes of at least 4 members (excludes halogenated alkanes) is 3. The van der Waals surface area contributed by atoms with Gasteiger partial charge < -0.3 is 15.4 Å². The summed E-state index contributed by atoms with van der Waals surface area (Å²) >= 11 is 1.63. The third kappa shape index (κ3) is 6.89. The van der Waals surface area contributed by atoms with E-state index in [2.05, 4.69) is 34.8 Å². The highest BCUT2D eigenvalue weighted by Gasteiger charge is 2.03. The summed E-state index contributed by atoms with van der Waals surface area (Å²) in [5, 5.41) is 9.74. The highest BCUT2D eigenvalue weighted by atomic mass is 32.1. The first-order valence-electron chi connectivity index (χ1n) is 8.96. The van der Waals surface area contributed by atoms with Crippen LogP contribution in [0.3, 0.4) is 0 Å². The Balaban J connectivity index is 1.75. The van der Waals surface area contributed by atoms with Crippen LogP contribution in [0, 0.1) is 0 Å². The van der Waals surface area contributed by atoms with E-state index in [1.54, 1.807) is 11.3 Å². The summed E-state index contributed by atoms with van der Waals surface area (Å²) in [7, 11) is 0. The molecule has 0 aliphatic rings. The summed E-state index contributed by atoms with van der Waals surface area (Å²) in [6, 6.07) is 8.11. The molecule has 5 heteroatoms. The van der Waals surface area contributed by atoms with Gasteiger partial charge in [-0.1, -0.05) is 33.1 Å². The molecular weight excluding hydrogens is 318 g/mol. The van der Waals surface area contributed by atoms with Crippen molar-refractivity contribution in [1.29, 1.82) is 0 Å². The maximum atomic E-state index is 5.77. The Labute approximate surface area is 149 Å². The molecule has 1 aromatic heterocycles. The van der Waals surface area contributed by atoms with E-state index in [-0.39, 0.29) is 0 Å². The second kappa shape index (κ2) is 11.0. The number of aromatic nitrogens is 1. The van der Waals surface area contributed by atoms with Crippen LogP contribution in [0.4, 0.5) is 10.8 Å². The number of nitrogens with zero attached hydrogens (tertiary/aromatic N) is 1. The van der Waals surface area contributed by atoms with Crippen molar-refractivity contribution in [3.05, 3.63) is 35.3 Å². The van der Waals surface area contributed by atoms with Crippen molar-refractivity contribution in [2.45, 2.75) is 52.5 Å². The summed E-state index contributed by atoms with van der Waals surface area (Å²) in [6.07, 6.45) is 6.06. The number of hydrogen-bond donors (Lipinski definition) is 2. The normalized spacial score (nSPS) is 10.8. The van der Waals surface area contributed by atoms with Gasteiger partial charge in [0.2, 0.25) is 0 Å². The molecule has 2 aromatic rings. The van der Waals surface area contributed by atoms with Crippen LogP contribution < -0.4 is 15.4 Å². The van der Waals surface area contributed by atoms with E-state index >= 15 is 0 Å². The van der Waals surface area contributed by atoms with Gasteiger partial charge in [0.05, 0.1) is 12.3 Å². The number of anilines is 2. The molecule has 24 heavy (non-hydrogen) atoms. The second-order valence-electron chi connectivity index (χ2n) is 5.88. The summed E-state index contributed by atoms with van der Waals surface area (Å²) in [4.78, 5) is 4.59. The van der Waals surface area contributed by atoms with Crippen molar-refractivity contribution in [3.8, 4) is 5.75 Å². The number of ether oxygens (including phenoxy) is 1. The maximum Gasteiger partial charge on any atom is 0.187 e. The fraction of sp³-hybridized carbons (Fsp3) is 0.526. The number of benzene rings is 1. The molecule has 0 amide bonds. The molecule has 0 aliphatic carbocycles. The molecule has 0 fully saturated rings. The minimum Gasteiger partial charge on any atom is -0.494 e. The highest BCUT2D eigenvalue weighted by molar-refractivity contribution is 7.13. The van der Waals surface area contributed by atoms with Crippen molar-refractivity contribution < 1.29 is 4.74 Å². The van der Waals surface area contributed by atoms with Crippen LogP contribution in [-0.2, 0) is 6.54 Å². The monoisotopic (exact) mass is 347 g/mol. The minimum absolute atomic E-state index is 0.799. The van der Waals surface area contributed by atoms with Gasteiger partial charge in [-0.05, 0) is 43.7 Å². The zero-order valence-corrected chi connectivity index (χ0v) is 15.6. The molecule has 0 spiro atoms. The third-order valence-electron chi connectivity index (χ3n) is 3.66. The van der Waals surface area contributed by atoms with Crippen LogP contribution in [0.2, 0.25) is 0 Å².